The molecule has 5 rings (SSSR count). The van der Waals surface area contributed by atoms with E-state index in [1.54, 1.807) is 53.1 Å². The zero-order valence-electron chi connectivity index (χ0n) is 18.1. The Morgan fingerprint density at radius 3 is 2.73 bits per heavy atom. The van der Waals surface area contributed by atoms with Crippen molar-refractivity contribution >= 4 is 34.1 Å². The van der Waals surface area contributed by atoms with E-state index < -0.39 is 5.76 Å². The van der Waals surface area contributed by atoms with Gasteiger partial charge in [0.25, 0.3) is 5.91 Å². The van der Waals surface area contributed by atoms with Gasteiger partial charge in [-0.15, -0.1) is 0 Å². The quantitative estimate of drug-likeness (QED) is 0.501. The highest BCUT2D eigenvalue weighted by Gasteiger charge is 2.20. The fourth-order valence-electron chi connectivity index (χ4n) is 4.13. The van der Waals surface area contributed by atoms with E-state index in [1.807, 2.05) is 0 Å². The van der Waals surface area contributed by atoms with Gasteiger partial charge in [-0.25, -0.2) is 9.31 Å². The number of carbonyl (C=O) groups is 2. The van der Waals surface area contributed by atoms with Crippen LogP contribution in [-0.4, -0.2) is 51.1 Å². The van der Waals surface area contributed by atoms with Gasteiger partial charge >= 0.3 is 5.76 Å². The summed E-state index contributed by atoms with van der Waals surface area (Å²) in [5.41, 5.74) is 2.24. The van der Waals surface area contributed by atoms with E-state index in [9.17, 15) is 14.4 Å². The third-order valence-corrected chi connectivity index (χ3v) is 5.90. The first kappa shape index (κ1) is 20.8. The van der Waals surface area contributed by atoms with Crippen molar-refractivity contribution in [3.05, 3.63) is 58.8 Å². The predicted octanol–water partition coefficient (Wildman–Crippen LogP) is 2.52. The fourth-order valence-corrected chi connectivity index (χ4v) is 4.13. The van der Waals surface area contributed by atoms with Gasteiger partial charge < -0.3 is 19.4 Å². The molecule has 1 aliphatic heterocycles. The SMILES string of the molecule is COc1ccn2ncc(C(=O)Nc3ccc4oc(=O)n(CC(=O)N5CCCCC5)c4c3)c2c1. The van der Waals surface area contributed by atoms with Gasteiger partial charge in [0.2, 0.25) is 5.91 Å². The molecule has 1 N–H and O–H groups in total. The predicted molar refractivity (Wildman–Crippen MR) is 121 cm³/mol. The fraction of sp³-hybridized carbons (Fsp3) is 0.304. The molecular formula is C23H23N5O5. The van der Waals surface area contributed by atoms with Crippen LogP contribution in [0.5, 0.6) is 5.75 Å². The lowest BCUT2D eigenvalue weighted by Crippen LogP contribution is -2.39. The van der Waals surface area contributed by atoms with Gasteiger partial charge in [0, 0.05) is 31.0 Å². The molecule has 4 aromatic rings. The maximum atomic E-state index is 12.9. The molecule has 0 atom stereocenters. The standard InChI is InChI=1S/C23H23N5O5/c1-32-16-7-10-28-18(12-16)17(13-24-28)22(30)25-15-5-6-20-19(11-15)27(23(31)33-20)14-21(29)26-8-3-2-4-9-26/h5-7,10-13H,2-4,8-9,14H2,1H3,(H,25,30). The molecule has 0 saturated carbocycles. The summed E-state index contributed by atoms with van der Waals surface area (Å²) < 4.78 is 13.4. The van der Waals surface area contributed by atoms with E-state index in [-0.39, 0.29) is 18.4 Å². The lowest BCUT2D eigenvalue weighted by Gasteiger charge is -2.26. The highest BCUT2D eigenvalue weighted by atomic mass is 16.5. The summed E-state index contributed by atoms with van der Waals surface area (Å²) in [6, 6.07) is 8.36. The lowest BCUT2D eigenvalue weighted by atomic mass is 10.1. The van der Waals surface area contributed by atoms with Crippen LogP contribution in [0.3, 0.4) is 0 Å². The topological polar surface area (TPSA) is 111 Å². The van der Waals surface area contributed by atoms with E-state index in [2.05, 4.69) is 10.4 Å². The number of nitrogens with one attached hydrogen (secondary N) is 1. The largest absolute Gasteiger partial charge is 0.497 e. The number of hydrogen-bond donors (Lipinski definition) is 1. The molecule has 3 aromatic heterocycles. The molecule has 1 fully saturated rings. The number of methoxy groups -OCH3 is 1. The van der Waals surface area contributed by atoms with Crippen molar-refractivity contribution in [3.8, 4) is 5.75 Å². The molecule has 4 heterocycles. The first-order valence-electron chi connectivity index (χ1n) is 10.8. The summed E-state index contributed by atoms with van der Waals surface area (Å²) in [7, 11) is 1.55. The second kappa shape index (κ2) is 8.45. The van der Waals surface area contributed by atoms with Crippen LogP contribution in [-0.2, 0) is 11.3 Å². The monoisotopic (exact) mass is 449 g/mol. The summed E-state index contributed by atoms with van der Waals surface area (Å²) in [4.78, 5) is 39.8. The molecule has 0 spiro atoms. The molecule has 0 bridgehead atoms. The van der Waals surface area contributed by atoms with Crippen molar-refractivity contribution in [1.82, 2.24) is 19.1 Å². The maximum Gasteiger partial charge on any atom is 0.420 e. The smallest absolute Gasteiger partial charge is 0.420 e. The third kappa shape index (κ3) is 3.95. The van der Waals surface area contributed by atoms with Gasteiger partial charge in [-0.3, -0.25) is 14.2 Å². The number of anilines is 1. The number of aromatic nitrogens is 3. The minimum atomic E-state index is -0.603. The van der Waals surface area contributed by atoms with Crippen molar-refractivity contribution in [3.63, 3.8) is 0 Å². The Balaban J connectivity index is 1.41. The summed E-state index contributed by atoms with van der Waals surface area (Å²) in [5.74, 6) is -0.471. The van der Waals surface area contributed by atoms with Crippen LogP contribution in [0.1, 0.15) is 29.6 Å². The Labute approximate surface area is 188 Å². The number of pyridine rings is 1. The van der Waals surface area contributed by atoms with Crippen LogP contribution < -0.4 is 15.8 Å². The normalized spacial score (nSPS) is 14.0. The number of ether oxygens (including phenoxy) is 1. The Hall–Kier alpha value is -4.08. The van der Waals surface area contributed by atoms with Crippen LogP contribution in [0.25, 0.3) is 16.6 Å². The van der Waals surface area contributed by atoms with E-state index in [4.69, 9.17) is 9.15 Å². The first-order valence-corrected chi connectivity index (χ1v) is 10.8. The molecule has 0 aliphatic carbocycles. The zero-order chi connectivity index (χ0) is 22.9. The van der Waals surface area contributed by atoms with Crippen LogP contribution >= 0.6 is 0 Å². The van der Waals surface area contributed by atoms with Crippen LogP contribution in [0.4, 0.5) is 5.69 Å². The number of nitrogens with zero attached hydrogens (tertiary/aromatic N) is 4. The lowest BCUT2D eigenvalue weighted by molar-refractivity contribution is -0.132. The first-order chi connectivity index (χ1) is 16.0. The van der Waals surface area contributed by atoms with E-state index in [0.29, 0.717) is 46.7 Å². The number of amides is 2. The van der Waals surface area contributed by atoms with E-state index in [1.165, 1.54) is 10.8 Å². The molecular weight excluding hydrogens is 426 g/mol. The minimum absolute atomic E-state index is 0.100. The number of piperidine rings is 1. The van der Waals surface area contributed by atoms with E-state index in [0.717, 1.165) is 19.3 Å². The summed E-state index contributed by atoms with van der Waals surface area (Å²) in [6.45, 7) is 1.31. The Kier molecular flexibility index (Phi) is 5.33. The molecule has 1 aliphatic rings. The molecule has 33 heavy (non-hydrogen) atoms. The van der Waals surface area contributed by atoms with Crippen molar-refractivity contribution in [2.24, 2.45) is 0 Å². The van der Waals surface area contributed by atoms with Crippen molar-refractivity contribution in [1.29, 1.82) is 0 Å². The second-order valence-corrected chi connectivity index (χ2v) is 7.99. The molecule has 2 amide bonds. The number of likely N-dealkylation sites (tertiary alicyclic amines) is 1. The Morgan fingerprint density at radius 1 is 1.12 bits per heavy atom. The minimum Gasteiger partial charge on any atom is -0.497 e. The number of rotatable bonds is 5. The number of hydrogen-bond acceptors (Lipinski definition) is 6. The molecule has 0 radical (unpaired) electrons. The molecule has 10 heteroatoms. The molecule has 0 unspecified atom stereocenters. The second-order valence-electron chi connectivity index (χ2n) is 7.99. The van der Waals surface area contributed by atoms with Gasteiger partial charge in [0.15, 0.2) is 5.58 Å². The molecule has 10 nitrogen and oxygen atoms in total. The van der Waals surface area contributed by atoms with Crippen molar-refractivity contribution in [2.45, 2.75) is 25.8 Å². The third-order valence-electron chi connectivity index (χ3n) is 5.90. The number of oxazole rings is 1. The van der Waals surface area contributed by atoms with Crippen LogP contribution in [0, 0.1) is 0 Å². The summed E-state index contributed by atoms with van der Waals surface area (Å²) in [5, 5.41) is 7.03. The molecule has 1 aromatic carbocycles. The molecule has 170 valence electrons. The van der Waals surface area contributed by atoms with Gasteiger partial charge in [-0.1, -0.05) is 0 Å². The molecule has 1 saturated heterocycles. The van der Waals surface area contributed by atoms with Gasteiger partial charge in [0.05, 0.1) is 29.9 Å². The number of fused-ring (bicyclic) bond motifs is 2. The number of benzene rings is 1. The van der Waals surface area contributed by atoms with Crippen molar-refractivity contribution in [2.75, 3.05) is 25.5 Å². The highest BCUT2D eigenvalue weighted by molar-refractivity contribution is 6.09. The van der Waals surface area contributed by atoms with Crippen LogP contribution in [0.2, 0.25) is 0 Å². The highest BCUT2D eigenvalue weighted by Crippen LogP contribution is 2.22. The Bertz CT molecular complexity index is 1410. The summed E-state index contributed by atoms with van der Waals surface area (Å²) >= 11 is 0. The number of carbonyl (C=O) groups excluding carboxylic acids is 2. The summed E-state index contributed by atoms with van der Waals surface area (Å²) in [6.07, 6.45) is 6.24. The van der Waals surface area contributed by atoms with E-state index >= 15 is 0 Å². The van der Waals surface area contributed by atoms with Crippen molar-refractivity contribution < 1.29 is 18.7 Å². The average molecular weight is 449 g/mol. The average Bonchev–Trinajstić information content (AvgIpc) is 3.40. The Morgan fingerprint density at radius 2 is 1.94 bits per heavy atom. The van der Waals surface area contributed by atoms with Gasteiger partial charge in [0.1, 0.15) is 12.3 Å². The maximum absolute atomic E-state index is 12.9. The van der Waals surface area contributed by atoms with Gasteiger partial charge in [-0.05, 0) is 43.5 Å². The van der Waals surface area contributed by atoms with Gasteiger partial charge in [-0.2, -0.15) is 5.10 Å². The zero-order valence-corrected chi connectivity index (χ0v) is 18.1. The van der Waals surface area contributed by atoms with Crippen LogP contribution in [0.15, 0.2) is 51.9 Å².